The molecule has 1 aliphatic heterocycles. The molecule has 0 unspecified atom stereocenters. The van der Waals surface area contributed by atoms with Crippen molar-refractivity contribution in [2.24, 2.45) is 10.9 Å². The summed E-state index contributed by atoms with van der Waals surface area (Å²) < 4.78 is 0. The normalized spacial score (nSPS) is 25.8. The topological polar surface area (TPSA) is 39.7 Å². The molecule has 3 rings (SSSR count). The Morgan fingerprint density at radius 2 is 1.85 bits per heavy atom. The van der Waals surface area contributed by atoms with Crippen molar-refractivity contribution in [3.05, 3.63) is 0 Å². The van der Waals surface area contributed by atoms with E-state index in [-0.39, 0.29) is 0 Å². The minimum absolute atomic E-state index is 0.611. The van der Waals surface area contributed by atoms with Crippen molar-refractivity contribution >= 4 is 5.96 Å². The number of piperidine rings is 1. The third kappa shape index (κ3) is 4.37. The maximum Gasteiger partial charge on any atom is 0.191 e. The molecule has 0 aromatic rings. The maximum atomic E-state index is 4.36. The predicted octanol–water partition coefficient (Wildman–Crippen LogP) is 1.97. The fourth-order valence-electron chi connectivity index (χ4n) is 3.24. The zero-order chi connectivity index (χ0) is 13.8. The van der Waals surface area contributed by atoms with E-state index in [0.29, 0.717) is 6.04 Å². The van der Waals surface area contributed by atoms with Gasteiger partial charge in [-0.3, -0.25) is 4.99 Å². The average molecular weight is 278 g/mol. The first-order chi connectivity index (χ1) is 9.85. The first-order valence-electron chi connectivity index (χ1n) is 8.56. The molecular weight excluding hydrogens is 248 g/mol. The molecule has 0 atom stereocenters. The monoisotopic (exact) mass is 278 g/mol. The van der Waals surface area contributed by atoms with Crippen LogP contribution in [-0.4, -0.2) is 49.6 Å². The van der Waals surface area contributed by atoms with E-state index in [2.05, 4.69) is 20.5 Å². The minimum atomic E-state index is 0.611. The molecule has 3 fully saturated rings. The summed E-state index contributed by atoms with van der Waals surface area (Å²) in [7, 11) is 1.88. The molecule has 114 valence electrons. The van der Waals surface area contributed by atoms with E-state index < -0.39 is 0 Å². The van der Waals surface area contributed by atoms with Crippen LogP contribution in [-0.2, 0) is 0 Å². The maximum absolute atomic E-state index is 4.36. The molecule has 2 saturated carbocycles. The summed E-state index contributed by atoms with van der Waals surface area (Å²) in [5.41, 5.74) is 0. The quantitative estimate of drug-likeness (QED) is 0.443. The largest absolute Gasteiger partial charge is 0.356 e. The molecule has 0 radical (unpaired) electrons. The molecule has 2 N–H and O–H groups in total. The molecule has 4 nitrogen and oxygen atoms in total. The zero-order valence-corrected chi connectivity index (χ0v) is 12.9. The molecule has 0 aromatic heterocycles. The van der Waals surface area contributed by atoms with E-state index in [4.69, 9.17) is 0 Å². The van der Waals surface area contributed by atoms with E-state index in [0.717, 1.165) is 24.5 Å². The number of rotatable bonds is 6. The second-order valence-electron chi connectivity index (χ2n) is 6.77. The number of likely N-dealkylation sites (tertiary alicyclic amines) is 1. The Labute approximate surface area is 123 Å². The molecule has 1 heterocycles. The molecule has 0 amide bonds. The van der Waals surface area contributed by atoms with Crippen molar-refractivity contribution in [1.29, 1.82) is 0 Å². The number of nitrogens with zero attached hydrogens (tertiary/aromatic N) is 2. The summed E-state index contributed by atoms with van der Waals surface area (Å²) in [5.74, 6) is 2.05. The van der Waals surface area contributed by atoms with Crippen molar-refractivity contribution in [1.82, 2.24) is 15.5 Å². The Morgan fingerprint density at radius 1 is 1.10 bits per heavy atom. The number of hydrogen-bond acceptors (Lipinski definition) is 2. The van der Waals surface area contributed by atoms with Crippen LogP contribution in [0.3, 0.4) is 0 Å². The van der Waals surface area contributed by atoms with E-state index in [1.807, 2.05) is 7.05 Å². The summed E-state index contributed by atoms with van der Waals surface area (Å²) in [6, 6.07) is 1.54. The molecule has 2 aliphatic carbocycles. The Kier molecular flexibility index (Phi) is 4.81. The SMILES string of the molecule is CN=C(NCCCC1CC1)NC1CCN(C2CC2)CC1. The Balaban J connectivity index is 1.30. The van der Waals surface area contributed by atoms with Gasteiger partial charge in [-0.05, 0) is 44.4 Å². The lowest BCUT2D eigenvalue weighted by atomic mass is 10.1. The lowest BCUT2D eigenvalue weighted by Crippen LogP contribution is -2.49. The van der Waals surface area contributed by atoms with Crippen LogP contribution in [0.25, 0.3) is 0 Å². The van der Waals surface area contributed by atoms with Gasteiger partial charge in [0.05, 0.1) is 0 Å². The molecule has 1 saturated heterocycles. The summed E-state index contributed by atoms with van der Waals surface area (Å²) in [4.78, 5) is 7.03. The van der Waals surface area contributed by atoms with Crippen molar-refractivity contribution in [3.8, 4) is 0 Å². The first kappa shape index (κ1) is 14.2. The van der Waals surface area contributed by atoms with Gasteiger partial charge in [0, 0.05) is 38.8 Å². The first-order valence-corrected chi connectivity index (χ1v) is 8.56. The smallest absolute Gasteiger partial charge is 0.191 e. The van der Waals surface area contributed by atoms with Gasteiger partial charge in [0.1, 0.15) is 0 Å². The van der Waals surface area contributed by atoms with Gasteiger partial charge in [0.15, 0.2) is 5.96 Å². The highest BCUT2D eigenvalue weighted by molar-refractivity contribution is 5.79. The lowest BCUT2D eigenvalue weighted by molar-refractivity contribution is 0.197. The van der Waals surface area contributed by atoms with Gasteiger partial charge in [-0.25, -0.2) is 0 Å². The third-order valence-corrected chi connectivity index (χ3v) is 4.94. The van der Waals surface area contributed by atoms with Crippen LogP contribution in [0.2, 0.25) is 0 Å². The summed E-state index contributed by atoms with van der Waals surface area (Å²) in [6.07, 6.45) is 11.0. The van der Waals surface area contributed by atoms with Gasteiger partial charge >= 0.3 is 0 Å². The van der Waals surface area contributed by atoms with Crippen LogP contribution < -0.4 is 10.6 Å². The van der Waals surface area contributed by atoms with Gasteiger partial charge in [-0.2, -0.15) is 0 Å². The molecule has 4 heteroatoms. The van der Waals surface area contributed by atoms with Gasteiger partial charge in [-0.1, -0.05) is 12.8 Å². The van der Waals surface area contributed by atoms with E-state index >= 15 is 0 Å². The fourth-order valence-corrected chi connectivity index (χ4v) is 3.24. The predicted molar refractivity (Wildman–Crippen MR) is 84.1 cm³/mol. The Hall–Kier alpha value is -0.770. The highest BCUT2D eigenvalue weighted by Gasteiger charge is 2.31. The van der Waals surface area contributed by atoms with E-state index in [1.165, 1.54) is 64.5 Å². The number of aliphatic imine (C=N–C) groups is 1. The molecule has 0 aromatic carbocycles. The molecule has 0 spiro atoms. The number of nitrogens with one attached hydrogen (secondary N) is 2. The second-order valence-corrected chi connectivity index (χ2v) is 6.77. The highest BCUT2D eigenvalue weighted by atomic mass is 15.2. The number of hydrogen-bond donors (Lipinski definition) is 2. The zero-order valence-electron chi connectivity index (χ0n) is 12.9. The summed E-state index contributed by atoms with van der Waals surface area (Å²) >= 11 is 0. The molecular formula is C16H30N4. The van der Waals surface area contributed by atoms with E-state index in [1.54, 1.807) is 0 Å². The van der Waals surface area contributed by atoms with Crippen molar-refractivity contribution in [2.45, 2.75) is 63.5 Å². The fraction of sp³-hybridized carbons (Fsp3) is 0.938. The van der Waals surface area contributed by atoms with Crippen LogP contribution in [0, 0.1) is 5.92 Å². The summed E-state index contributed by atoms with van der Waals surface area (Å²) in [5, 5.41) is 7.07. The Bertz CT molecular complexity index is 325. The molecule has 3 aliphatic rings. The van der Waals surface area contributed by atoms with E-state index in [9.17, 15) is 0 Å². The molecule has 0 bridgehead atoms. The average Bonchev–Trinajstić information content (AvgIpc) is 3.36. The molecule has 20 heavy (non-hydrogen) atoms. The second kappa shape index (κ2) is 6.79. The van der Waals surface area contributed by atoms with Crippen LogP contribution in [0.5, 0.6) is 0 Å². The van der Waals surface area contributed by atoms with Crippen molar-refractivity contribution in [2.75, 3.05) is 26.7 Å². The van der Waals surface area contributed by atoms with Gasteiger partial charge < -0.3 is 15.5 Å². The highest BCUT2D eigenvalue weighted by Crippen LogP contribution is 2.33. The standard InChI is InChI=1S/C16H30N4/c1-17-16(18-10-2-3-13-4-5-13)19-14-8-11-20(12-9-14)15-6-7-15/h13-15H,2-12H2,1H3,(H2,17,18,19). The van der Waals surface area contributed by atoms with Crippen molar-refractivity contribution < 1.29 is 0 Å². The van der Waals surface area contributed by atoms with Crippen molar-refractivity contribution in [3.63, 3.8) is 0 Å². The van der Waals surface area contributed by atoms with Crippen LogP contribution in [0.1, 0.15) is 51.4 Å². The van der Waals surface area contributed by atoms with Gasteiger partial charge in [0.25, 0.3) is 0 Å². The minimum Gasteiger partial charge on any atom is -0.356 e. The van der Waals surface area contributed by atoms with Crippen LogP contribution in [0.15, 0.2) is 4.99 Å². The lowest BCUT2D eigenvalue weighted by Gasteiger charge is -2.33. The van der Waals surface area contributed by atoms with Gasteiger partial charge in [-0.15, -0.1) is 0 Å². The third-order valence-electron chi connectivity index (χ3n) is 4.94. The van der Waals surface area contributed by atoms with Gasteiger partial charge in [0.2, 0.25) is 0 Å². The number of guanidine groups is 1. The van der Waals surface area contributed by atoms with Crippen LogP contribution in [0.4, 0.5) is 0 Å². The van der Waals surface area contributed by atoms with Crippen LogP contribution >= 0.6 is 0 Å². The Morgan fingerprint density at radius 3 is 2.45 bits per heavy atom. The summed E-state index contributed by atoms with van der Waals surface area (Å²) in [6.45, 7) is 3.60.